The number of likely N-dealkylation sites (tertiary alicyclic amines) is 1. The van der Waals surface area contributed by atoms with E-state index in [-0.39, 0.29) is 0 Å². The summed E-state index contributed by atoms with van der Waals surface area (Å²) in [5.41, 5.74) is 2.54. The first kappa shape index (κ1) is 13.1. The van der Waals surface area contributed by atoms with Gasteiger partial charge in [-0.1, -0.05) is 0 Å². The summed E-state index contributed by atoms with van der Waals surface area (Å²) in [6.45, 7) is 2.08. The van der Waals surface area contributed by atoms with Gasteiger partial charge in [0.05, 0.1) is 6.33 Å². The number of anilines is 1. The Hall–Kier alpha value is -1.88. The highest BCUT2D eigenvalue weighted by molar-refractivity contribution is 5.40. The molecule has 0 radical (unpaired) electrons. The molecule has 5 nitrogen and oxygen atoms in total. The molecule has 0 saturated carbocycles. The van der Waals surface area contributed by atoms with Crippen molar-refractivity contribution < 1.29 is 0 Å². The van der Waals surface area contributed by atoms with Crippen molar-refractivity contribution in [1.29, 1.82) is 0 Å². The van der Waals surface area contributed by atoms with Gasteiger partial charge in [-0.3, -0.25) is 4.90 Å². The van der Waals surface area contributed by atoms with E-state index in [0.29, 0.717) is 6.04 Å². The lowest BCUT2D eigenvalue weighted by atomic mass is 10.1. The second kappa shape index (κ2) is 5.63. The molecular weight excluding hydrogens is 250 g/mol. The summed E-state index contributed by atoms with van der Waals surface area (Å²) >= 11 is 0. The summed E-state index contributed by atoms with van der Waals surface area (Å²) in [5.74, 6) is 1.02. The van der Waals surface area contributed by atoms with E-state index in [9.17, 15) is 0 Å². The second-order valence-electron chi connectivity index (χ2n) is 5.55. The highest BCUT2D eigenvalue weighted by atomic mass is 15.2. The zero-order valence-electron chi connectivity index (χ0n) is 12.1. The summed E-state index contributed by atoms with van der Waals surface area (Å²) in [6.07, 6.45) is 8.03. The third-order valence-corrected chi connectivity index (χ3v) is 3.90. The number of nitrogens with one attached hydrogen (secondary N) is 1. The predicted octanol–water partition coefficient (Wildman–Crippen LogP) is 2.21. The molecule has 1 N–H and O–H groups in total. The quantitative estimate of drug-likeness (QED) is 0.926. The molecule has 0 unspecified atom stereocenters. The van der Waals surface area contributed by atoms with Crippen LogP contribution in [0.25, 0.3) is 0 Å². The molecule has 3 heterocycles. The summed E-state index contributed by atoms with van der Waals surface area (Å²) in [7, 11) is 4.06. The van der Waals surface area contributed by atoms with Crippen molar-refractivity contribution >= 4 is 5.82 Å². The summed E-state index contributed by atoms with van der Waals surface area (Å²) in [6, 6.07) is 4.83. The lowest BCUT2D eigenvalue weighted by Crippen LogP contribution is -2.23. The van der Waals surface area contributed by atoms with Crippen LogP contribution in [0.4, 0.5) is 5.82 Å². The van der Waals surface area contributed by atoms with Crippen LogP contribution in [0.3, 0.4) is 0 Å². The molecule has 0 aromatic carbocycles. The van der Waals surface area contributed by atoms with Crippen molar-refractivity contribution in [1.82, 2.24) is 19.9 Å². The van der Waals surface area contributed by atoms with Crippen molar-refractivity contribution in [2.45, 2.75) is 25.4 Å². The Morgan fingerprint density at radius 3 is 3.10 bits per heavy atom. The molecule has 0 amide bonds. The standard InChI is InChI=1S/C15H21N5/c1-19(2)15-8-12(5-6-17-15)14-4-3-7-20(14)10-13-9-16-11-18-13/h5-6,8-9,11,14H,3-4,7,10H2,1-2H3,(H,16,18)/t14-/m1/s1. The van der Waals surface area contributed by atoms with Crippen molar-refractivity contribution in [2.75, 3.05) is 25.5 Å². The van der Waals surface area contributed by atoms with Crippen molar-refractivity contribution in [3.05, 3.63) is 42.1 Å². The van der Waals surface area contributed by atoms with Gasteiger partial charge in [0.15, 0.2) is 0 Å². The molecule has 5 heteroatoms. The molecule has 0 aliphatic carbocycles. The summed E-state index contributed by atoms with van der Waals surface area (Å²) < 4.78 is 0. The molecule has 0 spiro atoms. The molecule has 2 aromatic heterocycles. The Morgan fingerprint density at radius 1 is 1.45 bits per heavy atom. The second-order valence-corrected chi connectivity index (χ2v) is 5.55. The first-order chi connectivity index (χ1) is 9.74. The number of pyridine rings is 1. The molecule has 1 aliphatic rings. The smallest absolute Gasteiger partial charge is 0.128 e. The number of nitrogens with zero attached hydrogens (tertiary/aromatic N) is 4. The van der Waals surface area contributed by atoms with E-state index in [1.807, 2.05) is 26.5 Å². The number of H-pyrrole nitrogens is 1. The maximum atomic E-state index is 4.40. The van der Waals surface area contributed by atoms with Gasteiger partial charge >= 0.3 is 0 Å². The van der Waals surface area contributed by atoms with Gasteiger partial charge in [0.1, 0.15) is 5.82 Å². The molecule has 1 fully saturated rings. The van der Waals surface area contributed by atoms with Gasteiger partial charge in [0.25, 0.3) is 0 Å². The minimum absolute atomic E-state index is 0.486. The lowest BCUT2D eigenvalue weighted by molar-refractivity contribution is 0.246. The highest BCUT2D eigenvalue weighted by Gasteiger charge is 2.26. The van der Waals surface area contributed by atoms with Gasteiger partial charge in [0.2, 0.25) is 0 Å². The fraction of sp³-hybridized carbons (Fsp3) is 0.467. The van der Waals surface area contributed by atoms with E-state index in [2.05, 4.69) is 36.9 Å². The number of imidazole rings is 1. The summed E-state index contributed by atoms with van der Waals surface area (Å²) in [4.78, 5) is 16.3. The molecular formula is C15H21N5. The van der Waals surface area contributed by atoms with Crippen LogP contribution in [-0.4, -0.2) is 40.5 Å². The zero-order chi connectivity index (χ0) is 13.9. The Morgan fingerprint density at radius 2 is 2.35 bits per heavy atom. The van der Waals surface area contributed by atoms with Gasteiger partial charge in [-0.15, -0.1) is 0 Å². The maximum Gasteiger partial charge on any atom is 0.128 e. The van der Waals surface area contributed by atoms with Crippen LogP contribution in [0.2, 0.25) is 0 Å². The molecule has 1 saturated heterocycles. The van der Waals surface area contributed by atoms with Gasteiger partial charge in [-0.2, -0.15) is 0 Å². The first-order valence-electron chi connectivity index (χ1n) is 7.08. The van der Waals surface area contributed by atoms with Crippen LogP contribution in [0.5, 0.6) is 0 Å². The maximum absolute atomic E-state index is 4.40. The fourth-order valence-corrected chi connectivity index (χ4v) is 2.87. The number of hydrogen-bond acceptors (Lipinski definition) is 4. The van der Waals surface area contributed by atoms with Crippen molar-refractivity contribution in [3.63, 3.8) is 0 Å². The zero-order valence-corrected chi connectivity index (χ0v) is 12.1. The van der Waals surface area contributed by atoms with E-state index >= 15 is 0 Å². The molecule has 106 valence electrons. The van der Waals surface area contributed by atoms with Gasteiger partial charge in [0, 0.05) is 44.8 Å². The molecule has 1 aliphatic heterocycles. The minimum Gasteiger partial charge on any atom is -0.363 e. The minimum atomic E-state index is 0.486. The molecule has 3 rings (SSSR count). The van der Waals surface area contributed by atoms with Crippen molar-refractivity contribution in [3.8, 4) is 0 Å². The Kier molecular flexibility index (Phi) is 3.69. The highest BCUT2D eigenvalue weighted by Crippen LogP contribution is 2.33. The van der Waals surface area contributed by atoms with Gasteiger partial charge in [-0.05, 0) is 37.1 Å². The summed E-state index contributed by atoms with van der Waals surface area (Å²) in [5, 5.41) is 0. The Balaban J connectivity index is 1.79. The van der Waals surface area contributed by atoms with E-state index in [1.165, 1.54) is 24.1 Å². The van der Waals surface area contributed by atoms with E-state index in [4.69, 9.17) is 0 Å². The van der Waals surface area contributed by atoms with Gasteiger partial charge in [-0.25, -0.2) is 9.97 Å². The Bertz CT molecular complexity index is 549. The van der Waals surface area contributed by atoms with Crippen molar-refractivity contribution in [2.24, 2.45) is 0 Å². The van der Waals surface area contributed by atoms with Crippen LogP contribution in [0.1, 0.15) is 30.1 Å². The van der Waals surface area contributed by atoms with Crippen LogP contribution >= 0.6 is 0 Å². The molecule has 20 heavy (non-hydrogen) atoms. The van der Waals surface area contributed by atoms with Crippen LogP contribution in [0.15, 0.2) is 30.9 Å². The molecule has 2 aromatic rings. The average Bonchev–Trinajstić information content (AvgIpc) is 3.11. The van der Waals surface area contributed by atoms with E-state index < -0.39 is 0 Å². The fourth-order valence-electron chi connectivity index (χ4n) is 2.87. The first-order valence-corrected chi connectivity index (χ1v) is 7.08. The number of aromatic amines is 1. The normalized spacial score (nSPS) is 19.4. The van der Waals surface area contributed by atoms with Gasteiger partial charge < -0.3 is 9.88 Å². The van der Waals surface area contributed by atoms with Crippen LogP contribution in [-0.2, 0) is 6.54 Å². The third kappa shape index (κ3) is 2.67. The topological polar surface area (TPSA) is 48.0 Å². The number of rotatable bonds is 4. The lowest BCUT2D eigenvalue weighted by Gasteiger charge is -2.25. The Labute approximate surface area is 119 Å². The average molecular weight is 271 g/mol. The molecule has 0 bridgehead atoms. The third-order valence-electron chi connectivity index (χ3n) is 3.90. The number of hydrogen-bond donors (Lipinski definition) is 1. The number of aromatic nitrogens is 3. The SMILES string of the molecule is CN(C)c1cc([C@H]2CCCN2Cc2cnc[nH]2)ccn1. The predicted molar refractivity (Wildman–Crippen MR) is 79.5 cm³/mol. The monoisotopic (exact) mass is 271 g/mol. The van der Waals surface area contributed by atoms with E-state index in [1.54, 1.807) is 6.33 Å². The largest absolute Gasteiger partial charge is 0.363 e. The van der Waals surface area contributed by atoms with Crippen LogP contribution in [0, 0.1) is 0 Å². The van der Waals surface area contributed by atoms with Crippen LogP contribution < -0.4 is 4.90 Å². The molecule has 1 atom stereocenters. The van der Waals surface area contributed by atoms with E-state index in [0.717, 1.165) is 18.9 Å².